The maximum Gasteiger partial charge on any atom is 0.0933 e. The molecule has 0 N–H and O–H groups in total. The fraction of sp³-hybridized carbons (Fsp3) is 0.400. The molecule has 0 aliphatic heterocycles. The van der Waals surface area contributed by atoms with Crippen LogP contribution in [0, 0.1) is 0 Å². The van der Waals surface area contributed by atoms with E-state index in [0.717, 1.165) is 3.55 Å². The molecular formula is C10H15ISi. The van der Waals surface area contributed by atoms with Gasteiger partial charge in [-0.15, -0.1) is 0 Å². The number of benzene rings is 1. The molecule has 1 aromatic carbocycles. The van der Waals surface area contributed by atoms with E-state index >= 15 is 0 Å². The zero-order valence-electron chi connectivity index (χ0n) is 7.84. The first kappa shape index (κ1) is 10.2. The molecule has 1 aromatic rings. The lowest BCUT2D eigenvalue weighted by Gasteiger charge is -2.25. The Morgan fingerprint density at radius 2 is 1.67 bits per heavy atom. The Hall–Kier alpha value is 0.167. The number of hydrogen-bond donors (Lipinski definition) is 0. The lowest BCUT2D eigenvalue weighted by Crippen LogP contribution is -2.48. The van der Waals surface area contributed by atoms with E-state index in [1.807, 2.05) is 0 Å². The molecule has 12 heavy (non-hydrogen) atoms. The molecular weight excluding hydrogens is 275 g/mol. The summed E-state index contributed by atoms with van der Waals surface area (Å²) in [5, 5.41) is 1.56. The average Bonchev–Trinajstić information content (AvgIpc) is 2.06. The van der Waals surface area contributed by atoms with Gasteiger partial charge in [-0.3, -0.25) is 0 Å². The fourth-order valence-corrected chi connectivity index (χ4v) is 3.69. The van der Waals surface area contributed by atoms with Gasteiger partial charge in [0.1, 0.15) is 0 Å². The van der Waals surface area contributed by atoms with Gasteiger partial charge in [0.2, 0.25) is 0 Å². The van der Waals surface area contributed by atoms with Gasteiger partial charge in [0.25, 0.3) is 0 Å². The van der Waals surface area contributed by atoms with Crippen LogP contribution in [0.3, 0.4) is 0 Å². The quantitative estimate of drug-likeness (QED) is 0.446. The largest absolute Gasteiger partial charge is 0.0933 e. The van der Waals surface area contributed by atoms with Crippen molar-refractivity contribution in [3.05, 3.63) is 30.3 Å². The normalized spacial score (nSPS) is 14.3. The number of halogens is 1. The summed E-state index contributed by atoms with van der Waals surface area (Å²) in [6.45, 7) is 7.18. The molecule has 1 rings (SSSR count). The van der Waals surface area contributed by atoms with Gasteiger partial charge in [-0.2, -0.15) is 0 Å². The van der Waals surface area contributed by atoms with Gasteiger partial charge in [-0.25, -0.2) is 0 Å². The van der Waals surface area contributed by atoms with Gasteiger partial charge in [-0.1, -0.05) is 78.1 Å². The number of alkyl halides is 1. The molecule has 0 aliphatic carbocycles. The highest BCUT2D eigenvalue weighted by Crippen LogP contribution is 2.16. The Balaban J connectivity index is 2.98. The van der Waals surface area contributed by atoms with Crippen LogP contribution in [0.2, 0.25) is 13.1 Å². The summed E-state index contributed by atoms with van der Waals surface area (Å²) in [4.78, 5) is 0. The molecule has 0 aliphatic rings. The first-order valence-corrected chi connectivity index (χ1v) is 8.57. The van der Waals surface area contributed by atoms with Crippen LogP contribution in [0.25, 0.3) is 0 Å². The van der Waals surface area contributed by atoms with Crippen LogP contribution in [0.15, 0.2) is 30.3 Å². The van der Waals surface area contributed by atoms with Crippen molar-refractivity contribution < 1.29 is 0 Å². The first-order valence-electron chi connectivity index (χ1n) is 4.24. The summed E-state index contributed by atoms with van der Waals surface area (Å²) in [5.74, 6) is 0. The standard InChI is InChI=1S/C10H15ISi/c1-9(11)12(2,3)10-7-5-4-6-8-10/h4-9H,1-3H3. The minimum Gasteiger partial charge on any atom is -0.0859 e. The maximum atomic E-state index is 2.55. The van der Waals surface area contributed by atoms with Crippen LogP contribution in [-0.4, -0.2) is 11.6 Å². The van der Waals surface area contributed by atoms with Gasteiger partial charge >= 0.3 is 0 Å². The highest BCUT2D eigenvalue weighted by molar-refractivity contribution is 14.1. The Morgan fingerprint density at radius 3 is 2.08 bits per heavy atom. The molecule has 0 radical (unpaired) electrons. The van der Waals surface area contributed by atoms with E-state index in [1.165, 1.54) is 0 Å². The third-order valence-electron chi connectivity index (χ3n) is 2.51. The van der Waals surface area contributed by atoms with Crippen molar-refractivity contribution in [2.24, 2.45) is 0 Å². The Bertz CT molecular complexity index is 241. The van der Waals surface area contributed by atoms with E-state index in [0.29, 0.717) is 0 Å². The zero-order chi connectivity index (χ0) is 9.19. The summed E-state index contributed by atoms with van der Waals surface area (Å²) in [6.07, 6.45) is 0. The van der Waals surface area contributed by atoms with E-state index < -0.39 is 8.07 Å². The van der Waals surface area contributed by atoms with Crippen LogP contribution in [0.1, 0.15) is 6.92 Å². The summed E-state index contributed by atoms with van der Waals surface area (Å²) in [5.41, 5.74) is 0. The minimum absolute atomic E-state index is 0.789. The molecule has 0 nitrogen and oxygen atoms in total. The lowest BCUT2D eigenvalue weighted by atomic mass is 10.4. The molecule has 1 unspecified atom stereocenters. The smallest absolute Gasteiger partial charge is 0.0859 e. The fourth-order valence-electron chi connectivity index (χ4n) is 1.10. The average molecular weight is 290 g/mol. The van der Waals surface area contributed by atoms with Crippen LogP contribution >= 0.6 is 22.6 Å². The third-order valence-corrected chi connectivity index (χ3v) is 11.0. The predicted octanol–water partition coefficient (Wildman–Crippen LogP) is 2.96. The summed E-state index contributed by atoms with van der Waals surface area (Å²) >= 11 is 2.55. The van der Waals surface area contributed by atoms with Gasteiger partial charge in [0.05, 0.1) is 8.07 Å². The van der Waals surface area contributed by atoms with Crippen molar-refractivity contribution >= 4 is 35.9 Å². The van der Waals surface area contributed by atoms with Crippen LogP contribution in [0.4, 0.5) is 0 Å². The third kappa shape index (κ3) is 2.10. The Labute approximate surface area is 89.5 Å². The van der Waals surface area contributed by atoms with E-state index in [-0.39, 0.29) is 0 Å². The van der Waals surface area contributed by atoms with Crippen molar-refractivity contribution in [1.82, 2.24) is 0 Å². The molecule has 0 heterocycles. The topological polar surface area (TPSA) is 0 Å². The molecule has 0 spiro atoms. The molecule has 0 bridgehead atoms. The molecule has 0 saturated carbocycles. The van der Waals surface area contributed by atoms with Crippen molar-refractivity contribution in [1.29, 1.82) is 0 Å². The molecule has 66 valence electrons. The zero-order valence-corrected chi connectivity index (χ0v) is 11.0. The minimum atomic E-state index is -1.17. The van der Waals surface area contributed by atoms with Gasteiger partial charge < -0.3 is 0 Å². The van der Waals surface area contributed by atoms with Gasteiger partial charge in [0.15, 0.2) is 0 Å². The van der Waals surface area contributed by atoms with Crippen molar-refractivity contribution in [2.75, 3.05) is 0 Å². The summed E-state index contributed by atoms with van der Waals surface area (Å²) in [6, 6.07) is 10.9. The first-order chi connectivity index (χ1) is 5.55. The second-order valence-electron chi connectivity index (χ2n) is 3.70. The van der Waals surface area contributed by atoms with Crippen molar-refractivity contribution in [2.45, 2.75) is 23.6 Å². The number of rotatable bonds is 2. The van der Waals surface area contributed by atoms with Crippen LogP contribution in [0.5, 0.6) is 0 Å². The Kier molecular flexibility index (Phi) is 3.35. The Morgan fingerprint density at radius 1 is 1.17 bits per heavy atom. The van der Waals surface area contributed by atoms with E-state index in [4.69, 9.17) is 0 Å². The molecule has 0 fully saturated rings. The van der Waals surface area contributed by atoms with Crippen LogP contribution in [-0.2, 0) is 0 Å². The number of hydrogen-bond acceptors (Lipinski definition) is 0. The van der Waals surface area contributed by atoms with E-state index in [2.05, 4.69) is 72.9 Å². The maximum absolute atomic E-state index is 2.55. The predicted molar refractivity (Wildman–Crippen MR) is 67.0 cm³/mol. The second-order valence-corrected chi connectivity index (χ2v) is 11.6. The van der Waals surface area contributed by atoms with E-state index in [9.17, 15) is 0 Å². The van der Waals surface area contributed by atoms with Crippen LogP contribution < -0.4 is 5.19 Å². The molecule has 1 atom stereocenters. The van der Waals surface area contributed by atoms with Gasteiger partial charge in [-0.05, 0) is 0 Å². The SMILES string of the molecule is CC(I)[Si](C)(C)c1ccccc1. The molecule has 2 heteroatoms. The van der Waals surface area contributed by atoms with Crippen molar-refractivity contribution in [3.8, 4) is 0 Å². The molecule has 0 amide bonds. The van der Waals surface area contributed by atoms with E-state index in [1.54, 1.807) is 5.19 Å². The summed E-state index contributed by atoms with van der Waals surface area (Å²) < 4.78 is 0.789. The second kappa shape index (κ2) is 3.92. The highest BCUT2D eigenvalue weighted by atomic mass is 127. The monoisotopic (exact) mass is 290 g/mol. The lowest BCUT2D eigenvalue weighted by molar-refractivity contribution is 1.36. The van der Waals surface area contributed by atoms with Gasteiger partial charge in [0, 0.05) is 3.55 Å². The highest BCUT2D eigenvalue weighted by Gasteiger charge is 2.27. The molecule has 0 aromatic heterocycles. The van der Waals surface area contributed by atoms with Crippen molar-refractivity contribution in [3.63, 3.8) is 0 Å². The molecule has 0 saturated heterocycles. The summed E-state index contributed by atoms with van der Waals surface area (Å²) in [7, 11) is -1.17.